The zero-order valence-corrected chi connectivity index (χ0v) is 9.79. The minimum absolute atomic E-state index is 0.704. The highest BCUT2D eigenvalue weighted by molar-refractivity contribution is 5.52. The second-order valence-corrected chi connectivity index (χ2v) is 5.05. The average Bonchev–Trinajstić information content (AvgIpc) is 2.17. The van der Waals surface area contributed by atoms with Crippen molar-refractivity contribution in [2.45, 2.75) is 45.4 Å². The Balaban J connectivity index is 2.28. The lowest BCUT2D eigenvalue weighted by Crippen LogP contribution is -2.14. The Kier molecular flexibility index (Phi) is 2.99. The van der Waals surface area contributed by atoms with Crippen molar-refractivity contribution in [3.8, 4) is 0 Å². The first-order valence-corrected chi connectivity index (χ1v) is 6.03. The van der Waals surface area contributed by atoms with Crippen molar-refractivity contribution in [3.63, 3.8) is 0 Å². The first-order valence-electron chi connectivity index (χ1n) is 6.03. The van der Waals surface area contributed by atoms with Crippen molar-refractivity contribution in [2.24, 2.45) is 5.92 Å². The summed E-state index contributed by atoms with van der Waals surface area (Å²) >= 11 is 0. The fraction of sp³-hybridized carbons (Fsp3) is 0.571. The van der Waals surface area contributed by atoms with Crippen molar-refractivity contribution in [1.82, 2.24) is 0 Å². The van der Waals surface area contributed by atoms with E-state index in [2.05, 4.69) is 26.0 Å². The van der Waals surface area contributed by atoms with Crippen molar-refractivity contribution < 1.29 is 0 Å². The van der Waals surface area contributed by atoms with Gasteiger partial charge in [0.15, 0.2) is 0 Å². The molecule has 0 bridgehead atoms. The molecule has 82 valence electrons. The monoisotopic (exact) mass is 203 g/mol. The minimum atomic E-state index is 0.704. The van der Waals surface area contributed by atoms with Crippen LogP contribution < -0.4 is 5.73 Å². The number of benzene rings is 1. The van der Waals surface area contributed by atoms with Crippen molar-refractivity contribution >= 4 is 5.69 Å². The molecule has 2 rings (SSSR count). The summed E-state index contributed by atoms with van der Waals surface area (Å²) in [5.74, 6) is 1.57. The third kappa shape index (κ3) is 2.17. The van der Waals surface area contributed by atoms with Crippen LogP contribution in [0.1, 0.15) is 49.7 Å². The highest BCUT2D eigenvalue weighted by Gasteiger charge is 2.22. The lowest BCUT2D eigenvalue weighted by Gasteiger charge is -2.29. The Labute approximate surface area is 92.7 Å². The van der Waals surface area contributed by atoms with Crippen molar-refractivity contribution in [1.29, 1.82) is 0 Å². The Morgan fingerprint density at radius 2 is 2.07 bits per heavy atom. The molecule has 0 radical (unpaired) electrons. The maximum atomic E-state index is 6.10. The van der Waals surface area contributed by atoms with Gasteiger partial charge in [-0.25, -0.2) is 0 Å². The molecule has 1 aliphatic carbocycles. The number of rotatable bonds is 1. The highest BCUT2D eigenvalue weighted by atomic mass is 14.6. The summed E-state index contributed by atoms with van der Waals surface area (Å²) < 4.78 is 0. The lowest BCUT2D eigenvalue weighted by atomic mass is 9.77. The molecule has 0 aliphatic heterocycles. The van der Waals surface area contributed by atoms with Crippen LogP contribution in [-0.4, -0.2) is 0 Å². The normalized spacial score (nSPS) is 26.5. The molecule has 1 heteroatoms. The predicted octanol–water partition coefficient (Wildman–Crippen LogP) is 3.87. The first kappa shape index (κ1) is 10.5. The van der Waals surface area contributed by atoms with Gasteiger partial charge in [0, 0.05) is 5.69 Å². The van der Waals surface area contributed by atoms with E-state index in [0.29, 0.717) is 5.92 Å². The van der Waals surface area contributed by atoms with Crippen LogP contribution in [0.2, 0.25) is 0 Å². The Bertz CT molecular complexity index is 323. The van der Waals surface area contributed by atoms with Crippen LogP contribution in [0, 0.1) is 12.8 Å². The average molecular weight is 203 g/mol. The van der Waals surface area contributed by atoms with Crippen LogP contribution in [0.25, 0.3) is 0 Å². The van der Waals surface area contributed by atoms with E-state index in [4.69, 9.17) is 5.73 Å². The second kappa shape index (κ2) is 4.26. The van der Waals surface area contributed by atoms with E-state index in [1.165, 1.54) is 36.8 Å². The second-order valence-electron chi connectivity index (χ2n) is 5.05. The van der Waals surface area contributed by atoms with Crippen molar-refractivity contribution in [2.75, 3.05) is 5.73 Å². The van der Waals surface area contributed by atoms with Gasteiger partial charge in [0.25, 0.3) is 0 Å². The maximum Gasteiger partial charge on any atom is 0.0352 e. The molecule has 0 amide bonds. The van der Waals surface area contributed by atoms with Crippen LogP contribution in [-0.2, 0) is 0 Å². The molecule has 1 aromatic rings. The Morgan fingerprint density at radius 1 is 1.27 bits per heavy atom. The Hall–Kier alpha value is -0.980. The van der Waals surface area contributed by atoms with Crippen LogP contribution in [0.3, 0.4) is 0 Å². The van der Waals surface area contributed by atoms with Gasteiger partial charge in [0.05, 0.1) is 0 Å². The smallest absolute Gasteiger partial charge is 0.0352 e. The number of nitrogen functional groups attached to an aromatic ring is 1. The van der Waals surface area contributed by atoms with Gasteiger partial charge < -0.3 is 5.73 Å². The number of hydrogen-bond acceptors (Lipinski definition) is 1. The number of hydrogen-bond donors (Lipinski definition) is 1. The molecule has 0 heterocycles. The zero-order chi connectivity index (χ0) is 10.8. The van der Waals surface area contributed by atoms with E-state index in [-0.39, 0.29) is 0 Å². The number of nitrogens with two attached hydrogens (primary N) is 1. The van der Waals surface area contributed by atoms with Gasteiger partial charge >= 0.3 is 0 Å². The highest BCUT2D eigenvalue weighted by Crippen LogP contribution is 2.39. The molecule has 1 fully saturated rings. The predicted molar refractivity (Wildman–Crippen MR) is 66.0 cm³/mol. The van der Waals surface area contributed by atoms with Crippen LogP contribution in [0.5, 0.6) is 0 Å². The topological polar surface area (TPSA) is 26.0 Å². The Morgan fingerprint density at radius 3 is 2.73 bits per heavy atom. The van der Waals surface area contributed by atoms with Gasteiger partial charge in [-0.1, -0.05) is 31.9 Å². The fourth-order valence-corrected chi connectivity index (χ4v) is 2.96. The quantitative estimate of drug-likeness (QED) is 0.689. The molecule has 15 heavy (non-hydrogen) atoms. The third-order valence-electron chi connectivity index (χ3n) is 3.70. The summed E-state index contributed by atoms with van der Waals surface area (Å²) in [4.78, 5) is 0. The fourth-order valence-electron chi connectivity index (χ4n) is 2.96. The number of anilines is 1. The summed E-state index contributed by atoms with van der Waals surface area (Å²) in [6.07, 6.45) is 5.39. The van der Waals surface area contributed by atoms with Gasteiger partial charge in [-0.3, -0.25) is 0 Å². The summed E-state index contributed by atoms with van der Waals surface area (Å²) in [7, 11) is 0. The number of aryl methyl sites for hydroxylation is 1. The first-order chi connectivity index (χ1) is 7.18. The molecule has 2 N–H and O–H groups in total. The molecule has 1 aliphatic rings. The van der Waals surface area contributed by atoms with Gasteiger partial charge in [-0.15, -0.1) is 0 Å². The lowest BCUT2D eigenvalue weighted by molar-refractivity contribution is 0.344. The summed E-state index contributed by atoms with van der Waals surface area (Å²) in [6, 6.07) is 6.28. The summed E-state index contributed by atoms with van der Waals surface area (Å²) in [6.45, 7) is 4.55. The molecule has 2 atom stereocenters. The van der Waals surface area contributed by atoms with Gasteiger partial charge in [0.2, 0.25) is 0 Å². The molecule has 1 nitrogen and oxygen atoms in total. The SMILES string of the molecule is Cc1cccc(N)c1C1CCCC(C)C1. The van der Waals surface area contributed by atoms with Crippen LogP contribution >= 0.6 is 0 Å². The molecular formula is C14H21N. The molecule has 2 unspecified atom stereocenters. The van der Waals surface area contributed by atoms with E-state index in [9.17, 15) is 0 Å². The third-order valence-corrected chi connectivity index (χ3v) is 3.70. The van der Waals surface area contributed by atoms with E-state index in [0.717, 1.165) is 11.6 Å². The van der Waals surface area contributed by atoms with Crippen LogP contribution in [0.4, 0.5) is 5.69 Å². The molecular weight excluding hydrogens is 182 g/mol. The zero-order valence-electron chi connectivity index (χ0n) is 9.79. The standard InChI is InChI=1S/C14H21N/c1-10-5-3-7-12(9-10)14-11(2)6-4-8-13(14)15/h4,6,8,10,12H,3,5,7,9,15H2,1-2H3. The molecule has 0 aromatic heterocycles. The molecule has 0 saturated heterocycles. The molecule has 1 saturated carbocycles. The summed E-state index contributed by atoms with van der Waals surface area (Å²) in [5, 5.41) is 0. The summed E-state index contributed by atoms with van der Waals surface area (Å²) in [5.41, 5.74) is 9.88. The van der Waals surface area contributed by atoms with Gasteiger partial charge in [0.1, 0.15) is 0 Å². The van der Waals surface area contributed by atoms with Gasteiger partial charge in [-0.2, -0.15) is 0 Å². The largest absolute Gasteiger partial charge is 0.398 e. The van der Waals surface area contributed by atoms with E-state index in [1.54, 1.807) is 0 Å². The van der Waals surface area contributed by atoms with Gasteiger partial charge in [-0.05, 0) is 48.8 Å². The molecule has 0 spiro atoms. The van der Waals surface area contributed by atoms with E-state index in [1.807, 2.05) is 6.07 Å². The molecule has 1 aromatic carbocycles. The maximum absolute atomic E-state index is 6.10. The minimum Gasteiger partial charge on any atom is -0.398 e. The van der Waals surface area contributed by atoms with Crippen molar-refractivity contribution in [3.05, 3.63) is 29.3 Å². The van der Waals surface area contributed by atoms with E-state index >= 15 is 0 Å². The van der Waals surface area contributed by atoms with Crippen LogP contribution in [0.15, 0.2) is 18.2 Å². The van der Waals surface area contributed by atoms with E-state index < -0.39 is 0 Å².